The Balaban J connectivity index is 1.42. The third-order valence-electron chi connectivity index (χ3n) is 4.88. The van der Waals surface area contributed by atoms with E-state index >= 15 is 0 Å². The topological polar surface area (TPSA) is 67.9 Å². The number of nitrogens with one attached hydrogen (secondary N) is 1. The highest BCUT2D eigenvalue weighted by atomic mass is 16.5. The molecule has 1 fully saturated rings. The second kappa shape index (κ2) is 9.26. The van der Waals surface area contributed by atoms with Crippen LogP contribution in [0.1, 0.15) is 28.8 Å². The maximum absolute atomic E-state index is 12.6. The van der Waals surface area contributed by atoms with E-state index in [1.807, 2.05) is 36.1 Å². The Morgan fingerprint density at radius 3 is 2.21 bits per heavy atom. The summed E-state index contributed by atoms with van der Waals surface area (Å²) in [6.45, 7) is 3.24. The van der Waals surface area contributed by atoms with Gasteiger partial charge in [0.05, 0.1) is 7.11 Å². The van der Waals surface area contributed by atoms with Crippen molar-refractivity contribution in [2.45, 2.75) is 25.8 Å². The predicted molar refractivity (Wildman–Crippen MR) is 107 cm³/mol. The molecule has 0 unspecified atom stereocenters. The first-order chi connectivity index (χ1) is 13.5. The molecule has 0 aliphatic carbocycles. The van der Waals surface area contributed by atoms with Crippen LogP contribution in [0.2, 0.25) is 0 Å². The number of hydrogen-bond acceptors (Lipinski definition) is 4. The van der Waals surface area contributed by atoms with Crippen molar-refractivity contribution in [2.75, 3.05) is 26.8 Å². The molecule has 2 aromatic carbocycles. The fourth-order valence-corrected chi connectivity index (χ4v) is 3.20. The minimum Gasteiger partial charge on any atom is -0.497 e. The fourth-order valence-electron chi connectivity index (χ4n) is 3.20. The van der Waals surface area contributed by atoms with E-state index in [9.17, 15) is 9.59 Å². The number of ether oxygens (including phenoxy) is 2. The number of aryl methyl sites for hydroxylation is 1. The van der Waals surface area contributed by atoms with Gasteiger partial charge in [-0.05, 0) is 56.2 Å². The molecular weight excluding hydrogens is 356 g/mol. The molecule has 148 valence electrons. The smallest absolute Gasteiger partial charge is 0.258 e. The average Bonchev–Trinajstić information content (AvgIpc) is 2.73. The van der Waals surface area contributed by atoms with Gasteiger partial charge in [0.25, 0.3) is 11.8 Å². The van der Waals surface area contributed by atoms with Crippen LogP contribution in [-0.4, -0.2) is 49.6 Å². The number of rotatable bonds is 6. The highest BCUT2D eigenvalue weighted by Crippen LogP contribution is 2.17. The SMILES string of the molecule is COc1ccc(C(=O)N2CCC(NC(=O)COc3ccc(C)cc3)CC2)cc1. The Kier molecular flexibility index (Phi) is 6.53. The Morgan fingerprint density at radius 2 is 1.61 bits per heavy atom. The number of methoxy groups -OCH3 is 1. The van der Waals surface area contributed by atoms with Gasteiger partial charge in [-0.15, -0.1) is 0 Å². The maximum atomic E-state index is 12.6. The quantitative estimate of drug-likeness (QED) is 0.834. The van der Waals surface area contributed by atoms with Crippen LogP contribution in [0.25, 0.3) is 0 Å². The first kappa shape index (κ1) is 19.7. The summed E-state index contributed by atoms with van der Waals surface area (Å²) in [5.74, 6) is 1.28. The summed E-state index contributed by atoms with van der Waals surface area (Å²) in [6.07, 6.45) is 1.47. The molecule has 0 aromatic heterocycles. The Labute approximate surface area is 165 Å². The Hall–Kier alpha value is -3.02. The molecule has 0 bridgehead atoms. The zero-order valence-corrected chi connectivity index (χ0v) is 16.3. The van der Waals surface area contributed by atoms with Gasteiger partial charge < -0.3 is 19.7 Å². The monoisotopic (exact) mass is 382 g/mol. The van der Waals surface area contributed by atoms with E-state index in [0.717, 1.165) is 24.2 Å². The molecule has 0 radical (unpaired) electrons. The third-order valence-corrected chi connectivity index (χ3v) is 4.88. The summed E-state index contributed by atoms with van der Waals surface area (Å²) in [4.78, 5) is 26.5. The highest BCUT2D eigenvalue weighted by molar-refractivity contribution is 5.94. The molecule has 2 amide bonds. The van der Waals surface area contributed by atoms with Crippen LogP contribution >= 0.6 is 0 Å². The van der Waals surface area contributed by atoms with Crippen molar-refractivity contribution < 1.29 is 19.1 Å². The minimum atomic E-state index is -0.138. The molecule has 2 aromatic rings. The largest absolute Gasteiger partial charge is 0.497 e. The van der Waals surface area contributed by atoms with Gasteiger partial charge in [0, 0.05) is 24.7 Å². The lowest BCUT2D eigenvalue weighted by molar-refractivity contribution is -0.124. The number of benzene rings is 2. The summed E-state index contributed by atoms with van der Waals surface area (Å²) >= 11 is 0. The van der Waals surface area contributed by atoms with Gasteiger partial charge in [0.2, 0.25) is 0 Å². The standard InChI is InChI=1S/C22H26N2O4/c1-16-3-7-20(8-4-16)28-15-21(25)23-18-11-13-24(14-12-18)22(26)17-5-9-19(27-2)10-6-17/h3-10,18H,11-15H2,1-2H3,(H,23,25). The molecule has 0 saturated carbocycles. The average molecular weight is 382 g/mol. The molecule has 1 aliphatic rings. The van der Waals surface area contributed by atoms with Gasteiger partial charge >= 0.3 is 0 Å². The van der Waals surface area contributed by atoms with E-state index in [1.54, 1.807) is 31.4 Å². The van der Waals surface area contributed by atoms with Crippen molar-refractivity contribution in [2.24, 2.45) is 0 Å². The first-order valence-corrected chi connectivity index (χ1v) is 9.47. The lowest BCUT2D eigenvalue weighted by atomic mass is 10.0. The molecule has 3 rings (SSSR count). The number of hydrogen-bond donors (Lipinski definition) is 1. The van der Waals surface area contributed by atoms with Crippen LogP contribution in [0.5, 0.6) is 11.5 Å². The van der Waals surface area contributed by atoms with Gasteiger partial charge in [-0.3, -0.25) is 9.59 Å². The zero-order valence-electron chi connectivity index (χ0n) is 16.3. The number of amides is 2. The van der Waals surface area contributed by atoms with E-state index < -0.39 is 0 Å². The van der Waals surface area contributed by atoms with E-state index in [-0.39, 0.29) is 24.5 Å². The van der Waals surface area contributed by atoms with Gasteiger partial charge in [-0.1, -0.05) is 17.7 Å². The number of nitrogens with zero attached hydrogens (tertiary/aromatic N) is 1. The summed E-state index contributed by atoms with van der Waals surface area (Å²) in [5, 5.41) is 3.00. The van der Waals surface area contributed by atoms with Gasteiger partial charge in [0.1, 0.15) is 11.5 Å². The third kappa shape index (κ3) is 5.25. The normalized spacial score (nSPS) is 14.4. The van der Waals surface area contributed by atoms with E-state index in [0.29, 0.717) is 24.4 Å². The predicted octanol–water partition coefficient (Wildman–Crippen LogP) is 2.80. The first-order valence-electron chi connectivity index (χ1n) is 9.47. The number of carbonyl (C=O) groups excluding carboxylic acids is 2. The second-order valence-electron chi connectivity index (χ2n) is 6.96. The van der Waals surface area contributed by atoms with Crippen LogP contribution in [0.15, 0.2) is 48.5 Å². The molecule has 1 N–H and O–H groups in total. The van der Waals surface area contributed by atoms with Crippen molar-refractivity contribution in [1.82, 2.24) is 10.2 Å². The maximum Gasteiger partial charge on any atom is 0.258 e. The molecular formula is C22H26N2O4. The molecule has 1 aliphatic heterocycles. The number of carbonyl (C=O) groups is 2. The van der Waals surface area contributed by atoms with Crippen LogP contribution < -0.4 is 14.8 Å². The molecule has 1 saturated heterocycles. The van der Waals surface area contributed by atoms with E-state index in [2.05, 4.69) is 5.32 Å². The van der Waals surface area contributed by atoms with Crippen LogP contribution in [0, 0.1) is 6.92 Å². The van der Waals surface area contributed by atoms with E-state index in [4.69, 9.17) is 9.47 Å². The zero-order chi connectivity index (χ0) is 19.9. The van der Waals surface area contributed by atoms with Crippen molar-refractivity contribution in [3.8, 4) is 11.5 Å². The second-order valence-corrected chi connectivity index (χ2v) is 6.96. The summed E-state index contributed by atoms with van der Waals surface area (Å²) in [5.41, 5.74) is 1.79. The van der Waals surface area contributed by atoms with Crippen LogP contribution in [0.3, 0.4) is 0 Å². The summed E-state index contributed by atoms with van der Waals surface area (Å²) < 4.78 is 10.6. The molecule has 1 heterocycles. The van der Waals surface area contributed by atoms with Gasteiger partial charge in [0.15, 0.2) is 6.61 Å². The van der Waals surface area contributed by atoms with Crippen molar-refractivity contribution in [3.05, 3.63) is 59.7 Å². The van der Waals surface area contributed by atoms with E-state index in [1.165, 1.54) is 0 Å². The highest BCUT2D eigenvalue weighted by Gasteiger charge is 2.24. The molecule has 6 heteroatoms. The number of likely N-dealkylation sites (tertiary alicyclic amines) is 1. The van der Waals surface area contributed by atoms with Crippen LogP contribution in [0.4, 0.5) is 0 Å². The minimum absolute atomic E-state index is 0.00590. The number of piperidine rings is 1. The van der Waals surface area contributed by atoms with Crippen molar-refractivity contribution in [3.63, 3.8) is 0 Å². The molecule has 6 nitrogen and oxygen atoms in total. The molecule has 28 heavy (non-hydrogen) atoms. The lowest BCUT2D eigenvalue weighted by Gasteiger charge is -2.32. The molecule has 0 spiro atoms. The van der Waals surface area contributed by atoms with Gasteiger partial charge in [-0.2, -0.15) is 0 Å². The summed E-state index contributed by atoms with van der Waals surface area (Å²) in [6, 6.07) is 14.8. The summed E-state index contributed by atoms with van der Waals surface area (Å²) in [7, 11) is 1.60. The Bertz CT molecular complexity index is 794. The Morgan fingerprint density at radius 1 is 1.00 bits per heavy atom. The van der Waals surface area contributed by atoms with Crippen LogP contribution in [-0.2, 0) is 4.79 Å². The van der Waals surface area contributed by atoms with Gasteiger partial charge in [-0.25, -0.2) is 0 Å². The lowest BCUT2D eigenvalue weighted by Crippen LogP contribution is -2.47. The van der Waals surface area contributed by atoms with Crippen molar-refractivity contribution in [1.29, 1.82) is 0 Å². The van der Waals surface area contributed by atoms with Crippen molar-refractivity contribution >= 4 is 11.8 Å². The fraction of sp³-hybridized carbons (Fsp3) is 0.364. The molecule has 0 atom stereocenters.